The lowest BCUT2D eigenvalue weighted by atomic mass is 10.0. The molecule has 0 aromatic heterocycles. The van der Waals surface area contributed by atoms with Crippen molar-refractivity contribution in [1.29, 1.82) is 0 Å². The van der Waals surface area contributed by atoms with Gasteiger partial charge in [-0.1, -0.05) is 18.8 Å². The van der Waals surface area contributed by atoms with Gasteiger partial charge in [0.15, 0.2) is 0 Å². The van der Waals surface area contributed by atoms with Crippen LogP contribution in [0.4, 0.5) is 0 Å². The molecule has 188 valence electrons. The van der Waals surface area contributed by atoms with Crippen LogP contribution in [0.5, 0.6) is 5.75 Å². The summed E-state index contributed by atoms with van der Waals surface area (Å²) in [7, 11) is -1.78. The molecule has 1 aliphatic heterocycles. The van der Waals surface area contributed by atoms with Crippen molar-refractivity contribution >= 4 is 10.0 Å². The predicted molar refractivity (Wildman–Crippen MR) is 131 cm³/mol. The fraction of sp³-hybridized carbons (Fsp3) is 0.692. The minimum atomic E-state index is -3.87. The zero-order valence-electron chi connectivity index (χ0n) is 20.5. The number of hydrogen-bond acceptors (Lipinski definition) is 6. The molecule has 2 aliphatic carbocycles. The first-order valence-corrected chi connectivity index (χ1v) is 13.9. The molecule has 2 N–H and O–H groups in total. The summed E-state index contributed by atoms with van der Waals surface area (Å²) in [5.74, 6) is 7.00. The predicted octanol–water partition coefficient (Wildman–Crippen LogP) is 2.45. The summed E-state index contributed by atoms with van der Waals surface area (Å²) in [5, 5.41) is 20.4. The third-order valence-corrected chi connectivity index (χ3v) is 9.32. The molecule has 2 saturated carbocycles. The molecule has 1 aromatic carbocycles. The van der Waals surface area contributed by atoms with Gasteiger partial charge < -0.3 is 19.8 Å². The van der Waals surface area contributed by atoms with Crippen molar-refractivity contribution in [3.63, 3.8) is 0 Å². The lowest BCUT2D eigenvalue weighted by Crippen LogP contribution is -2.49. The van der Waals surface area contributed by atoms with Crippen molar-refractivity contribution in [2.24, 2.45) is 11.8 Å². The summed E-state index contributed by atoms with van der Waals surface area (Å²) in [6.45, 7) is 5.46. The molecular weight excluding hydrogens is 452 g/mol. The monoisotopic (exact) mass is 490 g/mol. The Balaban J connectivity index is 1.69. The molecule has 0 radical (unpaired) electrons. The van der Waals surface area contributed by atoms with Crippen LogP contribution in [0.1, 0.15) is 57.9 Å². The van der Waals surface area contributed by atoms with Crippen LogP contribution in [-0.4, -0.2) is 78.9 Å². The highest BCUT2D eigenvalue weighted by Gasteiger charge is 2.38. The van der Waals surface area contributed by atoms with Crippen LogP contribution in [0.15, 0.2) is 23.1 Å². The number of fused-ring (bicyclic) bond motifs is 1. The summed E-state index contributed by atoms with van der Waals surface area (Å²) >= 11 is 0. The molecule has 0 bridgehead atoms. The smallest absolute Gasteiger partial charge is 0.247 e. The summed E-state index contributed by atoms with van der Waals surface area (Å²) in [6.07, 6.45) is 5.57. The average molecular weight is 491 g/mol. The standard InChI is InChI=1S/C26H38N2O5S/c1-19-15-28(20(2)18-29)34(31,32)25-9-8-21(10-13-26(30)11-4-5-12-26)14-23(25)33-24(19)17-27(3)16-22-6-7-22/h8-9,14,19-20,22,24,29-30H,4-7,11-12,15-18H2,1-3H3/t19-,20-,24+/m1/s1. The summed E-state index contributed by atoms with van der Waals surface area (Å²) in [5.41, 5.74) is -0.345. The molecule has 3 aliphatic rings. The number of likely N-dealkylation sites (N-methyl/N-ethyl adjacent to an activating group) is 1. The van der Waals surface area contributed by atoms with Gasteiger partial charge in [-0.25, -0.2) is 8.42 Å². The van der Waals surface area contributed by atoms with Crippen LogP contribution >= 0.6 is 0 Å². The third-order valence-electron chi connectivity index (χ3n) is 7.30. The van der Waals surface area contributed by atoms with E-state index in [0.29, 0.717) is 24.9 Å². The average Bonchev–Trinajstić information content (AvgIpc) is 3.50. The van der Waals surface area contributed by atoms with Crippen molar-refractivity contribution in [3.05, 3.63) is 23.8 Å². The fourth-order valence-electron chi connectivity index (χ4n) is 4.92. The van der Waals surface area contributed by atoms with Gasteiger partial charge in [-0.15, -0.1) is 0 Å². The minimum absolute atomic E-state index is 0.0764. The van der Waals surface area contributed by atoms with Gasteiger partial charge in [0.1, 0.15) is 22.4 Å². The van der Waals surface area contributed by atoms with E-state index in [-0.39, 0.29) is 35.8 Å². The van der Waals surface area contributed by atoms with Crippen molar-refractivity contribution in [2.45, 2.75) is 75.0 Å². The maximum Gasteiger partial charge on any atom is 0.247 e. The van der Waals surface area contributed by atoms with Crippen molar-refractivity contribution in [3.8, 4) is 17.6 Å². The number of aliphatic hydroxyl groups is 2. The van der Waals surface area contributed by atoms with Crippen molar-refractivity contribution < 1.29 is 23.4 Å². The fourth-order valence-corrected chi connectivity index (χ4v) is 6.74. The van der Waals surface area contributed by atoms with Gasteiger partial charge in [0.2, 0.25) is 10.0 Å². The van der Waals surface area contributed by atoms with Gasteiger partial charge in [0.05, 0.1) is 6.61 Å². The SMILES string of the molecule is C[C@@H]1CN([C@H](C)CO)S(=O)(=O)c2ccc(C#CC3(O)CCCC3)cc2O[C@H]1CN(C)CC1CC1. The maximum atomic E-state index is 13.6. The molecule has 1 aromatic rings. The van der Waals surface area contributed by atoms with Gasteiger partial charge in [-0.05, 0) is 76.6 Å². The molecule has 0 amide bonds. The second kappa shape index (κ2) is 10.2. The van der Waals surface area contributed by atoms with E-state index >= 15 is 0 Å². The number of hydrogen-bond donors (Lipinski definition) is 2. The molecule has 3 atom stereocenters. The Morgan fingerprint density at radius 1 is 1.26 bits per heavy atom. The lowest BCUT2D eigenvalue weighted by molar-refractivity contribution is 0.0740. The summed E-state index contributed by atoms with van der Waals surface area (Å²) < 4.78 is 35.0. The third kappa shape index (κ3) is 5.77. The number of benzene rings is 1. The molecule has 34 heavy (non-hydrogen) atoms. The molecule has 8 heteroatoms. The van der Waals surface area contributed by atoms with Gasteiger partial charge in [0, 0.05) is 37.2 Å². The van der Waals surface area contributed by atoms with E-state index in [1.807, 2.05) is 6.92 Å². The van der Waals surface area contributed by atoms with Crippen LogP contribution in [0.3, 0.4) is 0 Å². The zero-order valence-corrected chi connectivity index (χ0v) is 21.4. The number of aliphatic hydroxyl groups excluding tert-OH is 1. The quantitative estimate of drug-likeness (QED) is 0.596. The van der Waals surface area contributed by atoms with Crippen molar-refractivity contribution in [2.75, 3.05) is 33.3 Å². The minimum Gasteiger partial charge on any atom is -0.487 e. The Bertz CT molecular complexity index is 1040. The maximum absolute atomic E-state index is 13.6. The Morgan fingerprint density at radius 3 is 2.62 bits per heavy atom. The van der Waals surface area contributed by atoms with E-state index < -0.39 is 21.7 Å². The molecule has 0 saturated heterocycles. The molecule has 7 nitrogen and oxygen atoms in total. The highest BCUT2D eigenvalue weighted by Crippen LogP contribution is 2.35. The Hall–Kier alpha value is -1.63. The van der Waals surface area contributed by atoms with Crippen LogP contribution in [0, 0.1) is 23.7 Å². The van der Waals surface area contributed by atoms with E-state index in [0.717, 1.165) is 25.3 Å². The lowest BCUT2D eigenvalue weighted by Gasteiger charge is -2.37. The zero-order chi connectivity index (χ0) is 24.5. The van der Waals surface area contributed by atoms with E-state index in [9.17, 15) is 18.6 Å². The Morgan fingerprint density at radius 2 is 1.97 bits per heavy atom. The topological polar surface area (TPSA) is 90.3 Å². The number of rotatable bonds is 6. The van der Waals surface area contributed by atoms with E-state index in [2.05, 4.69) is 23.8 Å². The van der Waals surface area contributed by atoms with Crippen LogP contribution in [-0.2, 0) is 10.0 Å². The van der Waals surface area contributed by atoms with Crippen molar-refractivity contribution in [1.82, 2.24) is 9.21 Å². The summed E-state index contributed by atoms with van der Waals surface area (Å²) in [6, 6.07) is 4.36. The first-order valence-electron chi connectivity index (χ1n) is 12.5. The van der Waals surface area contributed by atoms with Gasteiger partial charge in [0.25, 0.3) is 0 Å². The second-order valence-corrected chi connectivity index (χ2v) is 12.4. The number of nitrogens with zero attached hydrogens (tertiary/aromatic N) is 2. The van der Waals surface area contributed by atoms with Crippen LogP contribution in [0.25, 0.3) is 0 Å². The first kappa shape index (κ1) is 25.5. The molecule has 4 rings (SSSR count). The van der Waals surface area contributed by atoms with Gasteiger partial charge in [-0.3, -0.25) is 0 Å². The molecule has 0 spiro atoms. The van der Waals surface area contributed by atoms with Gasteiger partial charge in [-0.2, -0.15) is 4.31 Å². The van der Waals surface area contributed by atoms with E-state index in [1.165, 1.54) is 17.1 Å². The molecule has 1 heterocycles. The largest absolute Gasteiger partial charge is 0.487 e. The number of ether oxygens (including phenoxy) is 1. The first-order chi connectivity index (χ1) is 16.1. The summed E-state index contributed by atoms with van der Waals surface area (Å²) in [4.78, 5) is 2.37. The van der Waals surface area contributed by atoms with Crippen LogP contribution < -0.4 is 4.74 Å². The number of sulfonamides is 1. The Kier molecular flexibility index (Phi) is 7.61. The molecule has 0 unspecified atom stereocenters. The van der Waals surface area contributed by atoms with Gasteiger partial charge >= 0.3 is 0 Å². The molecular formula is C26H38N2O5S. The van der Waals surface area contributed by atoms with E-state index in [4.69, 9.17) is 4.74 Å². The molecule has 2 fully saturated rings. The second-order valence-electron chi connectivity index (χ2n) is 10.6. The van der Waals surface area contributed by atoms with Crippen LogP contribution in [0.2, 0.25) is 0 Å². The Labute approximate surface area is 204 Å². The van der Waals surface area contributed by atoms with E-state index in [1.54, 1.807) is 25.1 Å². The highest BCUT2D eigenvalue weighted by molar-refractivity contribution is 7.89. The normalized spacial score (nSPS) is 27.1. The highest BCUT2D eigenvalue weighted by atomic mass is 32.2.